The van der Waals surface area contributed by atoms with Crippen LogP contribution in [-0.2, 0) is 33.1 Å². The molecule has 14 nitrogen and oxygen atoms in total. The van der Waals surface area contributed by atoms with Crippen molar-refractivity contribution in [3.8, 4) is 23.6 Å². The van der Waals surface area contributed by atoms with E-state index in [9.17, 15) is 20.1 Å². The molecule has 1 N–H and O–H groups in total. The molecule has 16 heteroatoms. The number of benzene rings is 3. The standard InChI is InChI=1S/C42H51N4O10PSi/c1-41(2,3)58(6,7)56-38-37(55-57(52-27-11-24-43)53-28-12-25-44)35(54-39(38)46-26-23-36(47)45-40(46)48)29-51-42(30-13-9-8-10-14-30,31-15-19-33(49-4)20-16-31)32-17-21-34(50-5)22-18-32/h8-10,13-23,26,35,37-39H,11-12,27-29H2,1-7H3,(H,45,47,48)/t35-,37-,38-,39-/m1/s1. The Morgan fingerprint density at radius 3 is 1.81 bits per heavy atom. The summed E-state index contributed by atoms with van der Waals surface area (Å²) in [4.78, 5) is 28.1. The molecule has 0 unspecified atom stereocenters. The molecule has 0 bridgehead atoms. The minimum Gasteiger partial charge on any atom is -0.497 e. The predicted molar refractivity (Wildman–Crippen MR) is 220 cm³/mol. The first-order chi connectivity index (χ1) is 27.8. The summed E-state index contributed by atoms with van der Waals surface area (Å²) in [6.07, 6.45) is -2.47. The zero-order valence-corrected chi connectivity index (χ0v) is 35.8. The van der Waals surface area contributed by atoms with Crippen molar-refractivity contribution < 1.29 is 36.9 Å². The van der Waals surface area contributed by atoms with Crippen LogP contribution in [0.1, 0.15) is 56.5 Å². The largest absolute Gasteiger partial charge is 0.497 e. The van der Waals surface area contributed by atoms with Gasteiger partial charge < -0.3 is 36.9 Å². The Bertz CT molecular complexity index is 2060. The lowest BCUT2D eigenvalue weighted by molar-refractivity contribution is -0.0946. The van der Waals surface area contributed by atoms with Gasteiger partial charge in [0.25, 0.3) is 5.56 Å². The molecule has 2 heterocycles. The van der Waals surface area contributed by atoms with Gasteiger partial charge in [0.05, 0.1) is 59.0 Å². The van der Waals surface area contributed by atoms with Crippen molar-refractivity contribution in [2.24, 2.45) is 0 Å². The van der Waals surface area contributed by atoms with E-state index in [-0.39, 0.29) is 37.7 Å². The van der Waals surface area contributed by atoms with Crippen LogP contribution in [-0.4, -0.2) is 70.2 Å². The second kappa shape index (κ2) is 19.9. The maximum absolute atomic E-state index is 13.5. The highest BCUT2D eigenvalue weighted by Crippen LogP contribution is 2.50. The first-order valence-corrected chi connectivity index (χ1v) is 22.9. The molecule has 4 aromatic rings. The Hall–Kier alpha value is -4.67. The second-order valence-corrected chi connectivity index (χ2v) is 20.9. The van der Waals surface area contributed by atoms with Crippen molar-refractivity contribution in [2.75, 3.05) is 34.0 Å². The molecule has 4 atom stereocenters. The minimum absolute atomic E-state index is 0.00608. The number of aromatic nitrogens is 2. The number of H-pyrrole nitrogens is 1. The summed E-state index contributed by atoms with van der Waals surface area (Å²) in [5.74, 6) is 1.32. The van der Waals surface area contributed by atoms with Crippen molar-refractivity contribution in [1.82, 2.24) is 9.55 Å². The van der Waals surface area contributed by atoms with Gasteiger partial charge in [0.15, 0.2) is 14.5 Å². The molecule has 1 aliphatic heterocycles. The third kappa shape index (κ3) is 10.3. The molecule has 58 heavy (non-hydrogen) atoms. The topological polar surface area (TPSA) is 176 Å². The molecule has 0 saturated carbocycles. The minimum atomic E-state index is -2.67. The number of nitriles is 2. The molecule has 5 rings (SSSR count). The van der Waals surface area contributed by atoms with Gasteiger partial charge in [-0.2, -0.15) is 10.5 Å². The number of methoxy groups -OCH3 is 2. The van der Waals surface area contributed by atoms with Gasteiger partial charge >= 0.3 is 14.3 Å². The van der Waals surface area contributed by atoms with Crippen LogP contribution in [0.3, 0.4) is 0 Å². The highest BCUT2D eigenvalue weighted by molar-refractivity contribution is 7.41. The average Bonchev–Trinajstić information content (AvgIpc) is 3.53. The molecule has 0 spiro atoms. The number of aromatic amines is 1. The van der Waals surface area contributed by atoms with Crippen LogP contribution >= 0.6 is 8.60 Å². The average molecular weight is 831 g/mol. The van der Waals surface area contributed by atoms with E-state index in [4.69, 9.17) is 36.9 Å². The SMILES string of the molecule is COc1ccc(C(OC[C@H]2O[C@@H](n3ccc(=O)[nH]c3=O)[C@H](O[Si](C)(C)C(C)(C)C)[C@@H]2OP(OCCC#N)OCCC#N)(c2ccccc2)c2ccc(OC)cc2)cc1. The molecular formula is C42H51N4O10PSi. The fraction of sp³-hybridized carbons (Fsp3) is 0.429. The molecule has 1 fully saturated rings. The fourth-order valence-corrected chi connectivity index (χ4v) is 8.69. The lowest BCUT2D eigenvalue weighted by Crippen LogP contribution is -2.50. The van der Waals surface area contributed by atoms with Gasteiger partial charge in [0.2, 0.25) is 0 Å². The van der Waals surface area contributed by atoms with Gasteiger partial charge in [-0.05, 0) is 59.1 Å². The second-order valence-electron chi connectivity index (χ2n) is 15.0. The highest BCUT2D eigenvalue weighted by atomic mass is 31.2. The molecule has 1 saturated heterocycles. The Morgan fingerprint density at radius 1 is 0.793 bits per heavy atom. The Balaban J connectivity index is 1.68. The molecule has 3 aromatic carbocycles. The number of hydrogen-bond acceptors (Lipinski definition) is 12. The summed E-state index contributed by atoms with van der Waals surface area (Å²) < 4.78 is 52.2. The quantitative estimate of drug-likeness (QED) is 0.0432. The normalized spacial score (nSPS) is 18.4. The van der Waals surface area contributed by atoms with Crippen molar-refractivity contribution in [3.63, 3.8) is 0 Å². The van der Waals surface area contributed by atoms with Gasteiger partial charge in [-0.3, -0.25) is 14.3 Å². The van der Waals surface area contributed by atoms with Crippen LogP contribution in [0.25, 0.3) is 0 Å². The van der Waals surface area contributed by atoms with E-state index in [2.05, 4.69) is 51.0 Å². The zero-order chi connectivity index (χ0) is 41.9. The molecule has 1 aromatic heterocycles. The van der Waals surface area contributed by atoms with E-state index in [0.29, 0.717) is 11.5 Å². The third-order valence-corrected chi connectivity index (χ3v) is 16.0. The van der Waals surface area contributed by atoms with Gasteiger partial charge in [-0.15, -0.1) is 0 Å². The van der Waals surface area contributed by atoms with Gasteiger partial charge in [0.1, 0.15) is 35.4 Å². The molecule has 0 amide bonds. The van der Waals surface area contributed by atoms with E-state index in [1.807, 2.05) is 78.9 Å². The lowest BCUT2D eigenvalue weighted by Gasteiger charge is -2.41. The summed E-state index contributed by atoms with van der Waals surface area (Å²) in [5, 5.41) is 18.3. The summed E-state index contributed by atoms with van der Waals surface area (Å²) >= 11 is 0. The highest BCUT2D eigenvalue weighted by Gasteiger charge is 2.54. The number of nitrogens with one attached hydrogen (secondary N) is 1. The van der Waals surface area contributed by atoms with Crippen molar-refractivity contribution in [2.45, 2.75) is 81.9 Å². The van der Waals surface area contributed by atoms with Crippen molar-refractivity contribution >= 4 is 16.9 Å². The maximum atomic E-state index is 13.5. The van der Waals surface area contributed by atoms with Crippen LogP contribution < -0.4 is 20.7 Å². The van der Waals surface area contributed by atoms with Crippen LogP contribution in [0.2, 0.25) is 18.1 Å². The molecule has 1 aliphatic rings. The summed E-state index contributed by atoms with van der Waals surface area (Å²) in [7, 11) is -1.63. The Labute approximate surface area is 341 Å². The van der Waals surface area contributed by atoms with E-state index < -0.39 is 58.3 Å². The van der Waals surface area contributed by atoms with Gasteiger partial charge in [-0.1, -0.05) is 75.4 Å². The van der Waals surface area contributed by atoms with E-state index >= 15 is 0 Å². The third-order valence-electron chi connectivity index (χ3n) is 10.3. The van der Waals surface area contributed by atoms with Gasteiger partial charge in [0, 0.05) is 12.3 Å². The summed E-state index contributed by atoms with van der Waals surface area (Å²) in [6, 6.07) is 30.3. The van der Waals surface area contributed by atoms with Crippen LogP contribution in [0.4, 0.5) is 0 Å². The summed E-state index contributed by atoms with van der Waals surface area (Å²) in [5.41, 5.74) is -0.136. The number of nitrogens with zero attached hydrogens (tertiary/aromatic N) is 3. The maximum Gasteiger partial charge on any atom is 0.333 e. The Kier molecular flexibility index (Phi) is 15.2. The number of ether oxygens (including phenoxy) is 4. The fourth-order valence-electron chi connectivity index (χ4n) is 6.27. The van der Waals surface area contributed by atoms with Gasteiger partial charge in [-0.25, -0.2) is 4.79 Å². The first-order valence-electron chi connectivity index (χ1n) is 18.9. The molecule has 0 aliphatic carbocycles. The smallest absolute Gasteiger partial charge is 0.333 e. The van der Waals surface area contributed by atoms with E-state index in [0.717, 1.165) is 16.7 Å². The molecule has 0 radical (unpaired) electrons. The number of hydrogen-bond donors (Lipinski definition) is 1. The van der Waals surface area contributed by atoms with Crippen LogP contribution in [0.15, 0.2) is 101 Å². The lowest BCUT2D eigenvalue weighted by atomic mass is 9.80. The van der Waals surface area contributed by atoms with Crippen molar-refractivity contribution in [3.05, 3.63) is 129 Å². The van der Waals surface area contributed by atoms with E-state index in [1.54, 1.807) is 14.2 Å². The van der Waals surface area contributed by atoms with Crippen LogP contribution in [0.5, 0.6) is 11.5 Å². The Morgan fingerprint density at radius 2 is 1.33 bits per heavy atom. The predicted octanol–water partition coefficient (Wildman–Crippen LogP) is 7.32. The first kappa shape index (κ1) is 44.4. The monoisotopic (exact) mass is 830 g/mol. The summed E-state index contributed by atoms with van der Waals surface area (Å²) in [6.45, 7) is 10.3. The van der Waals surface area contributed by atoms with Crippen molar-refractivity contribution in [1.29, 1.82) is 10.5 Å². The molecular weight excluding hydrogens is 780 g/mol. The number of rotatable bonds is 19. The van der Waals surface area contributed by atoms with E-state index in [1.165, 1.54) is 16.8 Å². The molecule has 308 valence electrons. The zero-order valence-electron chi connectivity index (χ0n) is 33.9. The van der Waals surface area contributed by atoms with Crippen LogP contribution in [0, 0.1) is 22.7 Å².